The second kappa shape index (κ2) is 9.60. The molecule has 0 radical (unpaired) electrons. The van der Waals surface area contributed by atoms with E-state index in [-0.39, 0.29) is 29.1 Å². The SMILES string of the molecule is Nc1cc(CN2CCC(C(=O)N3CCC(C(=O)C4=CCNC=C4F)CC3)CC2)ccn1. The molecule has 3 aliphatic rings. The highest BCUT2D eigenvalue weighted by atomic mass is 19.1. The summed E-state index contributed by atoms with van der Waals surface area (Å²) in [4.78, 5) is 33.9. The third-order valence-corrected chi connectivity index (χ3v) is 6.54. The maximum absolute atomic E-state index is 13.9. The van der Waals surface area contributed by atoms with Gasteiger partial charge in [-0.25, -0.2) is 9.37 Å². The van der Waals surface area contributed by atoms with Gasteiger partial charge < -0.3 is 16.0 Å². The first kappa shape index (κ1) is 21.5. The number of anilines is 1. The van der Waals surface area contributed by atoms with Crippen LogP contribution >= 0.6 is 0 Å². The second-order valence-corrected chi connectivity index (χ2v) is 8.62. The van der Waals surface area contributed by atoms with E-state index in [9.17, 15) is 14.0 Å². The van der Waals surface area contributed by atoms with Gasteiger partial charge in [-0.3, -0.25) is 14.5 Å². The molecule has 0 unspecified atom stereocenters. The molecule has 8 heteroatoms. The number of carbonyl (C=O) groups excluding carboxylic acids is 2. The maximum atomic E-state index is 13.9. The van der Waals surface area contributed by atoms with Crippen molar-refractivity contribution in [3.8, 4) is 0 Å². The molecule has 0 aliphatic carbocycles. The summed E-state index contributed by atoms with van der Waals surface area (Å²) in [6, 6.07) is 3.87. The van der Waals surface area contributed by atoms with Crippen LogP contribution in [0.25, 0.3) is 0 Å². The zero-order valence-corrected chi connectivity index (χ0v) is 17.7. The Morgan fingerprint density at radius 3 is 2.52 bits per heavy atom. The standard InChI is InChI=1S/C23H30FN5O2/c24-20-14-26-7-2-19(20)22(30)17-5-11-29(12-6-17)23(31)18-3-9-28(10-4-18)15-16-1-8-27-21(25)13-16/h1-2,8,13-14,17-18,26H,3-7,9-12,15H2,(H2,25,27). The highest BCUT2D eigenvalue weighted by molar-refractivity contribution is 6.00. The molecule has 0 spiro atoms. The number of likely N-dealkylation sites (tertiary alicyclic amines) is 2. The van der Waals surface area contributed by atoms with E-state index in [0.29, 0.717) is 38.3 Å². The summed E-state index contributed by atoms with van der Waals surface area (Å²) >= 11 is 0. The minimum Gasteiger partial charge on any atom is -0.385 e. The minimum atomic E-state index is -0.490. The summed E-state index contributed by atoms with van der Waals surface area (Å²) in [6.07, 6.45) is 7.48. The van der Waals surface area contributed by atoms with Crippen molar-refractivity contribution in [1.82, 2.24) is 20.1 Å². The molecule has 4 heterocycles. The number of rotatable bonds is 5. The van der Waals surface area contributed by atoms with Crippen molar-refractivity contribution in [3.63, 3.8) is 0 Å². The highest BCUT2D eigenvalue weighted by Gasteiger charge is 2.34. The summed E-state index contributed by atoms with van der Waals surface area (Å²) in [7, 11) is 0. The van der Waals surface area contributed by atoms with Crippen LogP contribution in [0.15, 0.2) is 42.0 Å². The summed E-state index contributed by atoms with van der Waals surface area (Å²) in [5.41, 5.74) is 7.08. The Morgan fingerprint density at radius 1 is 1.13 bits per heavy atom. The summed E-state index contributed by atoms with van der Waals surface area (Å²) in [5, 5.41) is 2.77. The number of piperidine rings is 2. The number of nitrogen functional groups attached to an aromatic ring is 1. The van der Waals surface area contributed by atoms with E-state index in [2.05, 4.69) is 15.2 Å². The molecule has 4 rings (SSSR count). The van der Waals surface area contributed by atoms with Crippen molar-refractivity contribution in [3.05, 3.63) is 47.6 Å². The van der Waals surface area contributed by atoms with Gasteiger partial charge >= 0.3 is 0 Å². The van der Waals surface area contributed by atoms with Crippen molar-refractivity contribution in [2.75, 3.05) is 38.5 Å². The Balaban J connectivity index is 1.24. The van der Waals surface area contributed by atoms with Crippen LogP contribution in [-0.2, 0) is 16.1 Å². The normalized spacial score (nSPS) is 21.3. The first-order valence-electron chi connectivity index (χ1n) is 11.1. The number of dihydropyridines is 1. The van der Waals surface area contributed by atoms with Crippen molar-refractivity contribution in [1.29, 1.82) is 0 Å². The molecule has 0 aromatic carbocycles. The number of hydrogen-bond acceptors (Lipinski definition) is 6. The van der Waals surface area contributed by atoms with E-state index >= 15 is 0 Å². The predicted molar refractivity (Wildman–Crippen MR) is 116 cm³/mol. The number of pyridine rings is 1. The fraction of sp³-hybridized carbons (Fsp3) is 0.522. The molecule has 3 aliphatic heterocycles. The van der Waals surface area contributed by atoms with E-state index in [1.165, 1.54) is 6.20 Å². The summed E-state index contributed by atoms with van der Waals surface area (Å²) < 4.78 is 13.9. The van der Waals surface area contributed by atoms with Gasteiger partial charge in [0.1, 0.15) is 11.6 Å². The van der Waals surface area contributed by atoms with Crippen LogP contribution in [0.1, 0.15) is 31.2 Å². The van der Waals surface area contributed by atoms with Gasteiger partial charge in [-0.05, 0) is 56.5 Å². The number of nitrogens with one attached hydrogen (secondary N) is 1. The van der Waals surface area contributed by atoms with Crippen molar-refractivity contribution in [2.24, 2.45) is 11.8 Å². The number of ketones is 1. The fourth-order valence-electron chi connectivity index (χ4n) is 4.73. The first-order chi connectivity index (χ1) is 15.0. The van der Waals surface area contributed by atoms with Crippen LogP contribution in [0.4, 0.5) is 10.2 Å². The largest absolute Gasteiger partial charge is 0.385 e. The quantitative estimate of drug-likeness (QED) is 0.747. The van der Waals surface area contributed by atoms with Crippen LogP contribution in [0.2, 0.25) is 0 Å². The van der Waals surface area contributed by atoms with Crippen LogP contribution in [-0.4, -0.2) is 59.2 Å². The Kier molecular flexibility index (Phi) is 6.65. The molecule has 2 fully saturated rings. The lowest BCUT2D eigenvalue weighted by Crippen LogP contribution is -2.46. The second-order valence-electron chi connectivity index (χ2n) is 8.62. The number of nitrogens with two attached hydrogens (primary N) is 1. The van der Waals surface area contributed by atoms with Gasteiger partial charge in [0.15, 0.2) is 5.78 Å². The van der Waals surface area contributed by atoms with Crippen molar-refractivity contribution in [2.45, 2.75) is 32.2 Å². The van der Waals surface area contributed by atoms with Gasteiger partial charge in [0.25, 0.3) is 0 Å². The molecule has 1 aromatic rings. The predicted octanol–water partition coefficient (Wildman–Crippen LogP) is 2.02. The van der Waals surface area contributed by atoms with Crippen LogP contribution < -0.4 is 11.1 Å². The number of aromatic nitrogens is 1. The Bertz CT molecular complexity index is 884. The number of hydrogen-bond donors (Lipinski definition) is 2. The number of Topliss-reactive ketones (excluding diaryl/α,β-unsaturated/α-hetero) is 1. The van der Waals surface area contributed by atoms with Crippen LogP contribution in [0.3, 0.4) is 0 Å². The van der Waals surface area contributed by atoms with Gasteiger partial charge in [0, 0.05) is 50.4 Å². The maximum Gasteiger partial charge on any atom is 0.225 e. The summed E-state index contributed by atoms with van der Waals surface area (Å²) in [6.45, 7) is 4.19. The van der Waals surface area contributed by atoms with Crippen molar-refractivity contribution < 1.29 is 14.0 Å². The number of nitrogens with zero attached hydrogens (tertiary/aromatic N) is 3. The zero-order valence-electron chi connectivity index (χ0n) is 17.7. The van der Waals surface area contributed by atoms with Gasteiger partial charge in [0.05, 0.1) is 5.57 Å². The van der Waals surface area contributed by atoms with E-state index in [4.69, 9.17) is 5.73 Å². The van der Waals surface area contributed by atoms with Gasteiger partial charge in [-0.15, -0.1) is 0 Å². The smallest absolute Gasteiger partial charge is 0.225 e. The lowest BCUT2D eigenvalue weighted by Gasteiger charge is -2.37. The molecule has 0 bridgehead atoms. The number of amides is 1. The van der Waals surface area contributed by atoms with E-state index in [1.54, 1.807) is 12.3 Å². The first-order valence-corrected chi connectivity index (χ1v) is 11.1. The van der Waals surface area contributed by atoms with E-state index in [1.807, 2.05) is 17.0 Å². The average molecular weight is 428 g/mol. The Labute approximate surface area is 182 Å². The highest BCUT2D eigenvalue weighted by Crippen LogP contribution is 2.28. The lowest BCUT2D eigenvalue weighted by atomic mass is 9.86. The summed E-state index contributed by atoms with van der Waals surface area (Å²) in [5.74, 6) is -0.0606. The molecule has 0 saturated carbocycles. The minimum absolute atomic E-state index is 0.0403. The lowest BCUT2D eigenvalue weighted by molar-refractivity contribution is -0.139. The van der Waals surface area contributed by atoms with Crippen LogP contribution in [0, 0.1) is 11.8 Å². The van der Waals surface area contributed by atoms with E-state index < -0.39 is 5.83 Å². The van der Waals surface area contributed by atoms with Crippen molar-refractivity contribution >= 4 is 17.5 Å². The zero-order chi connectivity index (χ0) is 21.8. The number of halogens is 1. The molecule has 166 valence electrons. The molecular weight excluding hydrogens is 397 g/mol. The third kappa shape index (κ3) is 5.12. The average Bonchev–Trinajstić information content (AvgIpc) is 2.79. The molecule has 31 heavy (non-hydrogen) atoms. The monoisotopic (exact) mass is 427 g/mol. The molecule has 7 nitrogen and oxygen atoms in total. The van der Waals surface area contributed by atoms with Crippen LogP contribution in [0.5, 0.6) is 0 Å². The Morgan fingerprint density at radius 2 is 1.84 bits per heavy atom. The van der Waals surface area contributed by atoms with Gasteiger partial charge in [-0.1, -0.05) is 6.08 Å². The fourth-order valence-corrected chi connectivity index (χ4v) is 4.73. The molecule has 2 saturated heterocycles. The topological polar surface area (TPSA) is 91.6 Å². The molecule has 3 N–H and O–H groups in total. The number of allylic oxidation sites excluding steroid dienone is 2. The van der Waals surface area contributed by atoms with Gasteiger partial charge in [-0.2, -0.15) is 0 Å². The molecule has 1 amide bonds. The Hall–Kier alpha value is -2.74. The van der Waals surface area contributed by atoms with Gasteiger partial charge in [0.2, 0.25) is 5.91 Å². The molecular formula is C23H30FN5O2. The molecule has 1 aromatic heterocycles. The molecule has 0 atom stereocenters. The van der Waals surface area contributed by atoms with E-state index in [0.717, 1.165) is 38.0 Å². The number of carbonyl (C=O) groups is 2. The third-order valence-electron chi connectivity index (χ3n) is 6.54.